The van der Waals surface area contributed by atoms with E-state index >= 15 is 0 Å². The van der Waals surface area contributed by atoms with Crippen LogP contribution in [0.3, 0.4) is 0 Å². The van der Waals surface area contributed by atoms with E-state index in [2.05, 4.69) is 20.8 Å². The molecule has 0 fully saturated rings. The van der Waals surface area contributed by atoms with Gasteiger partial charge in [0.15, 0.2) is 9.84 Å². The van der Waals surface area contributed by atoms with E-state index in [0.717, 1.165) is 19.4 Å². The van der Waals surface area contributed by atoms with Crippen LogP contribution in [0.15, 0.2) is 35.2 Å². The number of hydrogen-bond donors (Lipinski definition) is 0. The molecule has 126 valence electrons. The van der Waals surface area contributed by atoms with Crippen LogP contribution in [0.25, 0.3) is 0 Å². The Balaban J connectivity index is 2.47. The molecule has 0 N–H and O–H groups in total. The summed E-state index contributed by atoms with van der Waals surface area (Å²) >= 11 is 0. The molecular weight excluding hydrogens is 296 g/mol. The lowest BCUT2D eigenvalue weighted by molar-refractivity contribution is 0.0649. The Morgan fingerprint density at radius 1 is 1.00 bits per heavy atom. The van der Waals surface area contributed by atoms with E-state index in [4.69, 9.17) is 4.74 Å². The zero-order chi connectivity index (χ0) is 16.9. The highest BCUT2D eigenvalue weighted by Crippen LogP contribution is 2.27. The van der Waals surface area contributed by atoms with Crippen LogP contribution in [0.1, 0.15) is 47.5 Å². The van der Waals surface area contributed by atoms with Crippen LogP contribution >= 0.6 is 0 Å². The molecule has 0 aliphatic carbocycles. The third kappa shape index (κ3) is 7.41. The summed E-state index contributed by atoms with van der Waals surface area (Å²) < 4.78 is 30.5. The maximum atomic E-state index is 12.4. The molecule has 0 radical (unpaired) electrons. The average Bonchev–Trinajstić information content (AvgIpc) is 2.36. The van der Waals surface area contributed by atoms with Gasteiger partial charge in [-0.05, 0) is 35.8 Å². The molecule has 4 heteroatoms. The molecule has 0 atom stereocenters. The molecule has 1 rings (SSSR count). The van der Waals surface area contributed by atoms with Gasteiger partial charge in [-0.3, -0.25) is 0 Å². The standard InChI is InChI=1S/C18H30O3S/c1-17(2,3)14-21-13-9-12-18(4,5)15-22(19,20)16-10-7-6-8-11-16/h6-8,10-11H,9,12-15H2,1-5H3. The van der Waals surface area contributed by atoms with Gasteiger partial charge in [-0.2, -0.15) is 0 Å². The van der Waals surface area contributed by atoms with Gasteiger partial charge < -0.3 is 4.74 Å². The zero-order valence-corrected chi connectivity index (χ0v) is 15.4. The summed E-state index contributed by atoms with van der Waals surface area (Å²) in [4.78, 5) is 0.409. The molecule has 0 aliphatic rings. The van der Waals surface area contributed by atoms with Crippen molar-refractivity contribution in [2.75, 3.05) is 19.0 Å². The number of rotatable bonds is 8. The molecule has 1 aromatic carbocycles. The van der Waals surface area contributed by atoms with Gasteiger partial charge in [0.05, 0.1) is 17.3 Å². The van der Waals surface area contributed by atoms with Crippen molar-refractivity contribution in [3.05, 3.63) is 30.3 Å². The van der Waals surface area contributed by atoms with Crippen molar-refractivity contribution in [2.45, 2.75) is 52.4 Å². The number of sulfone groups is 1. The monoisotopic (exact) mass is 326 g/mol. The predicted octanol–water partition coefficient (Wildman–Crippen LogP) is 4.33. The van der Waals surface area contributed by atoms with Crippen LogP contribution in [0.2, 0.25) is 0 Å². The molecule has 1 aromatic rings. The van der Waals surface area contributed by atoms with Gasteiger partial charge in [-0.25, -0.2) is 8.42 Å². The Labute approximate surface area is 136 Å². The molecule has 0 saturated heterocycles. The van der Waals surface area contributed by atoms with E-state index in [0.29, 0.717) is 11.5 Å². The molecule has 0 aliphatic heterocycles. The van der Waals surface area contributed by atoms with Gasteiger partial charge in [0, 0.05) is 6.61 Å². The topological polar surface area (TPSA) is 43.4 Å². The molecule has 22 heavy (non-hydrogen) atoms. The quantitative estimate of drug-likeness (QED) is 0.668. The minimum atomic E-state index is -3.22. The lowest BCUT2D eigenvalue weighted by Crippen LogP contribution is -2.25. The van der Waals surface area contributed by atoms with Gasteiger partial charge in [0.1, 0.15) is 0 Å². The number of hydrogen-bond acceptors (Lipinski definition) is 3. The summed E-state index contributed by atoms with van der Waals surface area (Å²) in [6.45, 7) is 11.9. The van der Waals surface area contributed by atoms with E-state index in [1.54, 1.807) is 24.3 Å². The highest BCUT2D eigenvalue weighted by Gasteiger charge is 2.27. The molecule has 0 heterocycles. The normalized spacial score (nSPS) is 13.3. The summed E-state index contributed by atoms with van der Waals surface area (Å²) in [5, 5.41) is 0. The van der Waals surface area contributed by atoms with Crippen molar-refractivity contribution < 1.29 is 13.2 Å². The van der Waals surface area contributed by atoms with E-state index in [-0.39, 0.29) is 16.6 Å². The van der Waals surface area contributed by atoms with Crippen molar-refractivity contribution in [3.8, 4) is 0 Å². The smallest absolute Gasteiger partial charge is 0.178 e. The fourth-order valence-electron chi connectivity index (χ4n) is 2.33. The van der Waals surface area contributed by atoms with Crippen LogP contribution < -0.4 is 0 Å². The first-order valence-electron chi connectivity index (χ1n) is 7.87. The molecule has 0 aromatic heterocycles. The minimum absolute atomic E-state index is 0.170. The van der Waals surface area contributed by atoms with E-state index in [1.165, 1.54) is 0 Å². The van der Waals surface area contributed by atoms with Gasteiger partial charge in [0.25, 0.3) is 0 Å². The zero-order valence-electron chi connectivity index (χ0n) is 14.6. The summed E-state index contributed by atoms with van der Waals surface area (Å²) in [5.74, 6) is 0.170. The van der Waals surface area contributed by atoms with Gasteiger partial charge in [-0.15, -0.1) is 0 Å². The molecular formula is C18H30O3S. The second-order valence-corrected chi connectivity index (χ2v) is 9.94. The van der Waals surface area contributed by atoms with Crippen molar-refractivity contribution in [2.24, 2.45) is 10.8 Å². The van der Waals surface area contributed by atoms with Crippen molar-refractivity contribution in [1.82, 2.24) is 0 Å². The second-order valence-electron chi connectivity index (χ2n) is 7.95. The highest BCUT2D eigenvalue weighted by atomic mass is 32.2. The molecule has 0 spiro atoms. The lowest BCUT2D eigenvalue weighted by Gasteiger charge is -2.25. The molecule has 0 saturated carbocycles. The number of benzene rings is 1. The van der Waals surface area contributed by atoms with Crippen molar-refractivity contribution in [1.29, 1.82) is 0 Å². The van der Waals surface area contributed by atoms with Gasteiger partial charge >= 0.3 is 0 Å². The van der Waals surface area contributed by atoms with Crippen LogP contribution in [0, 0.1) is 10.8 Å². The molecule has 0 unspecified atom stereocenters. The summed E-state index contributed by atoms with van der Waals surface area (Å²) in [6, 6.07) is 8.69. The number of ether oxygens (including phenoxy) is 1. The van der Waals surface area contributed by atoms with E-state index < -0.39 is 9.84 Å². The maximum absolute atomic E-state index is 12.4. The van der Waals surface area contributed by atoms with E-state index in [9.17, 15) is 8.42 Å². The second kappa shape index (κ2) is 7.60. The van der Waals surface area contributed by atoms with Crippen molar-refractivity contribution >= 4 is 9.84 Å². The lowest BCUT2D eigenvalue weighted by atomic mass is 9.90. The first kappa shape index (κ1) is 19.2. The first-order chi connectivity index (χ1) is 10.0. The Kier molecular flexibility index (Phi) is 6.63. The summed E-state index contributed by atoms with van der Waals surface area (Å²) in [6.07, 6.45) is 1.72. The van der Waals surface area contributed by atoms with Crippen LogP contribution in [0.4, 0.5) is 0 Å². The summed E-state index contributed by atoms with van der Waals surface area (Å²) in [7, 11) is -3.22. The van der Waals surface area contributed by atoms with Gasteiger partial charge in [-0.1, -0.05) is 52.8 Å². The first-order valence-corrected chi connectivity index (χ1v) is 9.53. The third-order valence-electron chi connectivity index (χ3n) is 3.36. The highest BCUT2D eigenvalue weighted by molar-refractivity contribution is 7.91. The predicted molar refractivity (Wildman–Crippen MR) is 91.8 cm³/mol. The fraction of sp³-hybridized carbons (Fsp3) is 0.667. The molecule has 0 amide bonds. The fourth-order valence-corrected chi connectivity index (χ4v) is 4.24. The molecule has 3 nitrogen and oxygen atoms in total. The average molecular weight is 327 g/mol. The Morgan fingerprint density at radius 2 is 1.59 bits per heavy atom. The molecule has 0 bridgehead atoms. The Morgan fingerprint density at radius 3 is 2.14 bits per heavy atom. The largest absolute Gasteiger partial charge is 0.381 e. The Bertz CT molecular complexity index is 539. The maximum Gasteiger partial charge on any atom is 0.178 e. The van der Waals surface area contributed by atoms with Crippen LogP contribution in [0.5, 0.6) is 0 Å². The minimum Gasteiger partial charge on any atom is -0.381 e. The summed E-state index contributed by atoms with van der Waals surface area (Å²) in [5.41, 5.74) is -0.0774. The SMILES string of the molecule is CC(C)(C)COCCCC(C)(C)CS(=O)(=O)c1ccccc1. The van der Waals surface area contributed by atoms with E-state index in [1.807, 2.05) is 19.9 Å². The van der Waals surface area contributed by atoms with Gasteiger partial charge in [0.2, 0.25) is 0 Å². The van der Waals surface area contributed by atoms with Crippen LogP contribution in [-0.4, -0.2) is 27.4 Å². The van der Waals surface area contributed by atoms with Crippen molar-refractivity contribution in [3.63, 3.8) is 0 Å². The Hall–Kier alpha value is -0.870. The van der Waals surface area contributed by atoms with Crippen LogP contribution in [-0.2, 0) is 14.6 Å². The third-order valence-corrected chi connectivity index (χ3v) is 5.51.